The second-order valence-corrected chi connectivity index (χ2v) is 5.42. The van der Waals surface area contributed by atoms with Gasteiger partial charge in [0.05, 0.1) is 13.1 Å². The van der Waals surface area contributed by atoms with Gasteiger partial charge in [0.1, 0.15) is 0 Å². The quantitative estimate of drug-likeness (QED) is 0.867. The van der Waals surface area contributed by atoms with Crippen LogP contribution in [0.2, 0.25) is 0 Å². The molecule has 17 heavy (non-hydrogen) atoms. The van der Waals surface area contributed by atoms with Gasteiger partial charge < -0.3 is 9.52 Å². The smallest absolute Gasteiger partial charge is 0.371 e. The molecule has 0 aliphatic carbocycles. The van der Waals surface area contributed by atoms with Gasteiger partial charge in [0.25, 0.3) is 15.9 Å². The molecule has 1 aromatic heterocycles. The van der Waals surface area contributed by atoms with Crippen LogP contribution in [0.1, 0.15) is 10.6 Å². The Morgan fingerprint density at radius 2 is 2.00 bits per heavy atom. The van der Waals surface area contributed by atoms with Gasteiger partial charge in [0, 0.05) is 0 Å². The lowest BCUT2D eigenvalue weighted by molar-refractivity contribution is -0.0949. The number of aromatic carboxylic acids is 1. The Labute approximate surface area is 94.5 Å². The summed E-state index contributed by atoms with van der Waals surface area (Å²) in [6.45, 7) is -1.84. The molecule has 0 amide bonds. The van der Waals surface area contributed by atoms with E-state index in [0.717, 1.165) is 12.1 Å². The van der Waals surface area contributed by atoms with Crippen LogP contribution >= 0.6 is 0 Å². The number of rotatable bonds is 3. The van der Waals surface area contributed by atoms with Crippen LogP contribution in [0.5, 0.6) is 0 Å². The Kier molecular flexibility index (Phi) is 2.47. The number of sulfonamides is 1. The van der Waals surface area contributed by atoms with Crippen LogP contribution in [0, 0.1) is 0 Å². The minimum atomic E-state index is -4.16. The van der Waals surface area contributed by atoms with Crippen molar-refractivity contribution < 1.29 is 31.5 Å². The number of hydrogen-bond acceptors (Lipinski definition) is 4. The zero-order valence-electron chi connectivity index (χ0n) is 8.26. The van der Waals surface area contributed by atoms with Crippen molar-refractivity contribution in [3.63, 3.8) is 0 Å². The second kappa shape index (κ2) is 3.50. The molecule has 1 aromatic rings. The molecule has 1 fully saturated rings. The van der Waals surface area contributed by atoms with Crippen LogP contribution in [0.25, 0.3) is 0 Å². The molecule has 0 spiro atoms. The van der Waals surface area contributed by atoms with Crippen LogP contribution in [0.3, 0.4) is 0 Å². The monoisotopic (exact) mass is 267 g/mol. The molecule has 1 saturated heterocycles. The molecule has 6 nitrogen and oxygen atoms in total. The highest BCUT2D eigenvalue weighted by Gasteiger charge is 2.50. The van der Waals surface area contributed by atoms with Gasteiger partial charge in [-0.2, -0.15) is 4.31 Å². The first-order valence-electron chi connectivity index (χ1n) is 4.43. The maximum atomic E-state index is 12.5. The maximum Gasteiger partial charge on any atom is 0.371 e. The molecule has 1 N–H and O–H groups in total. The van der Waals surface area contributed by atoms with E-state index in [9.17, 15) is 22.0 Å². The summed E-state index contributed by atoms with van der Waals surface area (Å²) >= 11 is 0. The van der Waals surface area contributed by atoms with Gasteiger partial charge in [-0.3, -0.25) is 0 Å². The summed E-state index contributed by atoms with van der Waals surface area (Å²) < 4.78 is 53.4. The topological polar surface area (TPSA) is 87.8 Å². The largest absolute Gasteiger partial charge is 0.475 e. The average Bonchev–Trinajstić information content (AvgIpc) is 2.62. The normalized spacial score (nSPS) is 19.9. The predicted octanol–water partition coefficient (Wildman–Crippen LogP) is 0.617. The average molecular weight is 267 g/mol. The first-order valence-corrected chi connectivity index (χ1v) is 5.87. The van der Waals surface area contributed by atoms with Crippen molar-refractivity contribution in [1.29, 1.82) is 0 Å². The van der Waals surface area contributed by atoms with E-state index in [2.05, 4.69) is 4.42 Å². The van der Waals surface area contributed by atoms with Crippen LogP contribution in [0.15, 0.2) is 21.6 Å². The number of carboxylic acids is 1. The van der Waals surface area contributed by atoms with Gasteiger partial charge >= 0.3 is 5.97 Å². The maximum absolute atomic E-state index is 12.5. The standard InChI is InChI=1S/C8H7F2NO5S/c9-8(10)3-11(4-8)17(14,15)6-2-1-5(16-6)7(12)13/h1-2H,3-4H2,(H,12,13). The molecule has 2 rings (SSSR count). The van der Waals surface area contributed by atoms with Crippen LogP contribution < -0.4 is 0 Å². The van der Waals surface area contributed by atoms with E-state index in [1.165, 1.54) is 0 Å². The molecule has 0 bridgehead atoms. The summed E-state index contributed by atoms with van der Waals surface area (Å²) in [5.74, 6) is -5.02. The van der Waals surface area contributed by atoms with Crippen molar-refractivity contribution in [2.24, 2.45) is 0 Å². The zero-order valence-corrected chi connectivity index (χ0v) is 9.08. The van der Waals surface area contributed by atoms with E-state index in [1.54, 1.807) is 0 Å². The van der Waals surface area contributed by atoms with Gasteiger partial charge in [-0.1, -0.05) is 0 Å². The summed E-state index contributed by atoms with van der Waals surface area (Å²) in [6.07, 6.45) is 0. The van der Waals surface area contributed by atoms with Crippen molar-refractivity contribution in [3.8, 4) is 0 Å². The Morgan fingerprint density at radius 3 is 2.41 bits per heavy atom. The lowest BCUT2D eigenvalue weighted by atomic mass is 10.2. The highest BCUT2D eigenvalue weighted by molar-refractivity contribution is 7.89. The third-order valence-corrected chi connectivity index (χ3v) is 3.87. The minimum Gasteiger partial charge on any atom is -0.475 e. The molecule has 94 valence electrons. The van der Waals surface area contributed by atoms with E-state index < -0.39 is 45.9 Å². The zero-order chi connectivity index (χ0) is 12.8. The summed E-state index contributed by atoms with van der Waals surface area (Å²) in [5.41, 5.74) is 0. The van der Waals surface area contributed by atoms with Gasteiger partial charge in [-0.15, -0.1) is 0 Å². The molecule has 0 aromatic carbocycles. The molecule has 1 aliphatic rings. The Balaban J connectivity index is 2.24. The number of alkyl halides is 2. The van der Waals surface area contributed by atoms with E-state index in [0.29, 0.717) is 4.31 Å². The summed E-state index contributed by atoms with van der Waals surface area (Å²) in [7, 11) is -4.16. The van der Waals surface area contributed by atoms with Crippen molar-refractivity contribution in [2.45, 2.75) is 11.0 Å². The Hall–Kier alpha value is -1.48. The molecular weight excluding hydrogens is 260 g/mol. The molecule has 0 radical (unpaired) electrons. The fourth-order valence-electron chi connectivity index (χ4n) is 1.34. The highest BCUT2D eigenvalue weighted by atomic mass is 32.2. The van der Waals surface area contributed by atoms with E-state index in [4.69, 9.17) is 5.11 Å². The fraction of sp³-hybridized carbons (Fsp3) is 0.375. The van der Waals surface area contributed by atoms with Gasteiger partial charge in [0.15, 0.2) is 0 Å². The number of nitrogens with zero attached hydrogens (tertiary/aromatic N) is 1. The number of halogens is 2. The van der Waals surface area contributed by atoms with E-state index in [-0.39, 0.29) is 0 Å². The molecule has 0 unspecified atom stereocenters. The minimum absolute atomic E-state index is 0.525. The lowest BCUT2D eigenvalue weighted by Crippen LogP contribution is -2.58. The first-order chi connectivity index (χ1) is 7.72. The molecule has 0 saturated carbocycles. The third kappa shape index (κ3) is 2.03. The number of furan rings is 1. The summed E-state index contributed by atoms with van der Waals surface area (Å²) in [4.78, 5) is 10.5. The Bertz CT molecular complexity index is 556. The lowest BCUT2D eigenvalue weighted by Gasteiger charge is -2.36. The van der Waals surface area contributed by atoms with Gasteiger partial charge in [-0.05, 0) is 12.1 Å². The van der Waals surface area contributed by atoms with Crippen molar-refractivity contribution in [2.75, 3.05) is 13.1 Å². The first kappa shape index (κ1) is 12.0. The summed E-state index contributed by atoms with van der Waals surface area (Å²) in [5, 5.41) is 7.89. The van der Waals surface area contributed by atoms with Gasteiger partial charge in [-0.25, -0.2) is 22.0 Å². The molecule has 9 heteroatoms. The van der Waals surface area contributed by atoms with Crippen LogP contribution in [-0.4, -0.2) is 42.8 Å². The molecule has 2 heterocycles. The van der Waals surface area contributed by atoms with Crippen molar-refractivity contribution in [3.05, 3.63) is 17.9 Å². The van der Waals surface area contributed by atoms with E-state index in [1.807, 2.05) is 0 Å². The van der Waals surface area contributed by atoms with Crippen molar-refractivity contribution >= 4 is 16.0 Å². The SMILES string of the molecule is O=C(O)c1ccc(S(=O)(=O)N2CC(F)(F)C2)o1. The number of carbonyl (C=O) groups is 1. The Morgan fingerprint density at radius 1 is 1.41 bits per heavy atom. The number of carboxylic acid groups (broad SMARTS) is 1. The third-order valence-electron chi connectivity index (χ3n) is 2.20. The molecular formula is C8H7F2NO5S. The molecule has 1 aliphatic heterocycles. The molecule has 0 atom stereocenters. The highest BCUT2D eigenvalue weighted by Crippen LogP contribution is 2.32. The number of hydrogen-bond donors (Lipinski definition) is 1. The summed E-state index contributed by atoms with van der Waals surface area (Å²) in [6, 6.07) is 1.88. The van der Waals surface area contributed by atoms with E-state index >= 15 is 0 Å². The van der Waals surface area contributed by atoms with Crippen LogP contribution in [-0.2, 0) is 10.0 Å². The predicted molar refractivity (Wildman–Crippen MR) is 49.4 cm³/mol. The second-order valence-electron chi connectivity index (χ2n) is 3.55. The van der Waals surface area contributed by atoms with Gasteiger partial charge in [0.2, 0.25) is 10.9 Å². The van der Waals surface area contributed by atoms with Crippen molar-refractivity contribution in [1.82, 2.24) is 4.31 Å². The van der Waals surface area contributed by atoms with Crippen LogP contribution in [0.4, 0.5) is 8.78 Å². The fourth-order valence-corrected chi connectivity index (χ4v) is 2.75.